The van der Waals surface area contributed by atoms with Crippen LogP contribution in [0.3, 0.4) is 0 Å². The number of aromatic nitrogens is 2. The first-order valence-corrected chi connectivity index (χ1v) is 10.7. The topological polar surface area (TPSA) is 71.4 Å². The summed E-state index contributed by atoms with van der Waals surface area (Å²) in [5, 5.41) is 10.5. The first-order chi connectivity index (χ1) is 15.5. The van der Waals surface area contributed by atoms with Crippen molar-refractivity contribution in [2.75, 3.05) is 38.7 Å². The average Bonchev–Trinajstić information content (AvgIpc) is 3.36. The molecule has 32 heavy (non-hydrogen) atoms. The molecule has 7 nitrogen and oxygen atoms in total. The molecule has 1 aliphatic rings. The molecule has 2 amide bonds. The van der Waals surface area contributed by atoms with Gasteiger partial charge in [-0.1, -0.05) is 30.3 Å². The van der Waals surface area contributed by atoms with E-state index in [0.29, 0.717) is 18.1 Å². The number of hydrogen-bond acceptors (Lipinski definition) is 4. The number of anilines is 1. The predicted molar refractivity (Wildman–Crippen MR) is 122 cm³/mol. The molecular formula is C24H28FN5O2. The van der Waals surface area contributed by atoms with Gasteiger partial charge in [0.2, 0.25) is 0 Å². The molecule has 8 heteroatoms. The van der Waals surface area contributed by atoms with Crippen LogP contribution in [0.1, 0.15) is 11.5 Å². The maximum atomic E-state index is 13.2. The van der Waals surface area contributed by atoms with Crippen LogP contribution in [0.25, 0.3) is 11.3 Å². The van der Waals surface area contributed by atoms with Crippen LogP contribution < -0.4 is 10.6 Å². The predicted octanol–water partition coefficient (Wildman–Crippen LogP) is 3.46. The zero-order valence-electron chi connectivity index (χ0n) is 18.3. The van der Waals surface area contributed by atoms with Crippen molar-refractivity contribution >= 4 is 11.8 Å². The van der Waals surface area contributed by atoms with Gasteiger partial charge in [0.25, 0.3) is 0 Å². The van der Waals surface area contributed by atoms with Crippen molar-refractivity contribution in [2.45, 2.75) is 12.0 Å². The molecule has 0 radical (unpaired) electrons. The first-order valence-electron chi connectivity index (χ1n) is 10.7. The van der Waals surface area contributed by atoms with Crippen LogP contribution in [0.15, 0.2) is 60.7 Å². The SMILES string of the molecule is COCCN1C[C@@H](NC(=O)Nc2cc(-c3ccc(F)cc3)nn2C)[C@H](c2ccccc2)C1. The third-order valence-electron chi connectivity index (χ3n) is 5.81. The molecule has 2 N–H and O–H groups in total. The Kier molecular flexibility index (Phi) is 6.82. The van der Waals surface area contributed by atoms with Crippen LogP contribution in [-0.4, -0.2) is 60.1 Å². The molecule has 2 aromatic carbocycles. The fraction of sp³-hybridized carbons (Fsp3) is 0.333. The normalized spacial score (nSPS) is 18.6. The minimum Gasteiger partial charge on any atom is -0.383 e. The maximum absolute atomic E-state index is 13.2. The fourth-order valence-electron chi connectivity index (χ4n) is 4.14. The Hall–Kier alpha value is -3.23. The van der Waals surface area contributed by atoms with Crippen molar-refractivity contribution in [3.05, 3.63) is 72.0 Å². The van der Waals surface area contributed by atoms with E-state index in [1.54, 1.807) is 37.0 Å². The lowest BCUT2D eigenvalue weighted by molar-refractivity contribution is 0.159. The highest BCUT2D eigenvalue weighted by atomic mass is 19.1. The van der Waals surface area contributed by atoms with E-state index in [9.17, 15) is 9.18 Å². The van der Waals surface area contributed by atoms with Gasteiger partial charge in [-0.3, -0.25) is 14.9 Å². The number of amides is 2. The molecule has 0 unspecified atom stereocenters. The fourth-order valence-corrected chi connectivity index (χ4v) is 4.14. The molecule has 1 aliphatic heterocycles. The molecule has 0 saturated carbocycles. The third kappa shape index (κ3) is 5.15. The lowest BCUT2D eigenvalue weighted by Gasteiger charge is -2.20. The molecule has 1 aromatic heterocycles. The largest absolute Gasteiger partial charge is 0.383 e. The Balaban J connectivity index is 1.44. The van der Waals surface area contributed by atoms with E-state index >= 15 is 0 Å². The molecule has 1 fully saturated rings. The van der Waals surface area contributed by atoms with Crippen molar-refractivity contribution in [1.82, 2.24) is 20.0 Å². The number of rotatable bonds is 7. The smallest absolute Gasteiger partial charge is 0.320 e. The van der Waals surface area contributed by atoms with Crippen molar-refractivity contribution in [3.8, 4) is 11.3 Å². The molecule has 168 valence electrons. The maximum Gasteiger partial charge on any atom is 0.320 e. The molecule has 1 saturated heterocycles. The summed E-state index contributed by atoms with van der Waals surface area (Å²) in [6.45, 7) is 3.09. The summed E-state index contributed by atoms with van der Waals surface area (Å²) in [5.74, 6) is 0.457. The van der Waals surface area contributed by atoms with Gasteiger partial charge < -0.3 is 10.1 Å². The van der Waals surface area contributed by atoms with E-state index in [0.717, 1.165) is 25.2 Å². The second-order valence-electron chi connectivity index (χ2n) is 8.02. The highest BCUT2D eigenvalue weighted by molar-refractivity contribution is 5.89. The number of halogens is 1. The Morgan fingerprint density at radius 1 is 1.16 bits per heavy atom. The Morgan fingerprint density at radius 3 is 2.62 bits per heavy atom. The lowest BCUT2D eigenvalue weighted by atomic mass is 9.94. The second-order valence-corrected chi connectivity index (χ2v) is 8.02. The summed E-state index contributed by atoms with van der Waals surface area (Å²) in [6.07, 6.45) is 0. The van der Waals surface area contributed by atoms with E-state index < -0.39 is 0 Å². The Morgan fingerprint density at radius 2 is 1.91 bits per heavy atom. The number of likely N-dealkylation sites (tertiary alicyclic amines) is 1. The van der Waals surface area contributed by atoms with Crippen molar-refractivity contribution in [1.29, 1.82) is 0 Å². The molecule has 0 spiro atoms. The zero-order valence-corrected chi connectivity index (χ0v) is 18.3. The van der Waals surface area contributed by atoms with E-state index in [4.69, 9.17) is 4.74 Å². The Labute approximate surface area is 187 Å². The van der Waals surface area contributed by atoms with Gasteiger partial charge in [-0.05, 0) is 29.8 Å². The third-order valence-corrected chi connectivity index (χ3v) is 5.81. The van der Waals surface area contributed by atoms with Crippen LogP contribution in [0, 0.1) is 5.82 Å². The van der Waals surface area contributed by atoms with Gasteiger partial charge in [-0.25, -0.2) is 9.18 Å². The second kappa shape index (κ2) is 9.93. The van der Waals surface area contributed by atoms with Gasteiger partial charge in [-0.15, -0.1) is 0 Å². The van der Waals surface area contributed by atoms with E-state index in [-0.39, 0.29) is 23.8 Å². The number of nitrogens with one attached hydrogen (secondary N) is 2. The number of aryl methyl sites for hydroxylation is 1. The molecular weight excluding hydrogens is 409 g/mol. The number of carbonyl (C=O) groups is 1. The molecule has 3 aromatic rings. The number of nitrogens with zero attached hydrogens (tertiary/aromatic N) is 3. The number of methoxy groups -OCH3 is 1. The van der Waals surface area contributed by atoms with Gasteiger partial charge in [0.1, 0.15) is 11.6 Å². The molecule has 2 atom stereocenters. The standard InChI is InChI=1S/C24H28FN5O2/c1-29-23(14-21(28-29)18-8-10-19(25)11-9-18)27-24(31)26-22-16-30(12-13-32-2)15-20(22)17-6-4-3-5-7-17/h3-11,14,20,22H,12-13,15-16H2,1-2H3,(H2,26,27,31)/t20-,22+/m0/s1. The molecule has 2 heterocycles. The summed E-state index contributed by atoms with van der Waals surface area (Å²) >= 11 is 0. The number of ether oxygens (including phenoxy) is 1. The summed E-state index contributed by atoms with van der Waals surface area (Å²) in [6, 6.07) is 17.8. The minimum atomic E-state index is -0.300. The molecule has 0 aliphatic carbocycles. The molecule has 4 rings (SSSR count). The van der Waals surface area contributed by atoms with Crippen LogP contribution in [-0.2, 0) is 11.8 Å². The van der Waals surface area contributed by atoms with E-state index in [2.05, 4.69) is 32.8 Å². The van der Waals surface area contributed by atoms with Crippen molar-refractivity contribution < 1.29 is 13.9 Å². The van der Waals surface area contributed by atoms with Crippen molar-refractivity contribution in [3.63, 3.8) is 0 Å². The van der Waals surface area contributed by atoms with E-state index in [1.165, 1.54) is 17.7 Å². The first kappa shape index (κ1) is 22.0. The van der Waals surface area contributed by atoms with Gasteiger partial charge in [-0.2, -0.15) is 5.10 Å². The Bertz CT molecular complexity index is 1040. The van der Waals surface area contributed by atoms with Gasteiger partial charge >= 0.3 is 6.03 Å². The minimum absolute atomic E-state index is 0.0287. The average molecular weight is 438 g/mol. The number of urea groups is 1. The zero-order chi connectivity index (χ0) is 22.5. The van der Waals surface area contributed by atoms with E-state index in [1.807, 2.05) is 18.2 Å². The van der Waals surface area contributed by atoms with Crippen LogP contribution >= 0.6 is 0 Å². The van der Waals surface area contributed by atoms with Crippen LogP contribution in [0.5, 0.6) is 0 Å². The van der Waals surface area contributed by atoms with Gasteiger partial charge in [0.15, 0.2) is 0 Å². The van der Waals surface area contributed by atoms with Gasteiger partial charge in [0.05, 0.1) is 18.3 Å². The summed E-state index contributed by atoms with van der Waals surface area (Å²) in [5.41, 5.74) is 2.65. The van der Waals surface area contributed by atoms with Crippen LogP contribution in [0.4, 0.5) is 15.0 Å². The van der Waals surface area contributed by atoms with Crippen molar-refractivity contribution in [2.24, 2.45) is 7.05 Å². The number of benzene rings is 2. The number of carbonyl (C=O) groups excluding carboxylic acids is 1. The lowest BCUT2D eigenvalue weighted by Crippen LogP contribution is -2.42. The van der Waals surface area contributed by atoms with Gasteiger partial charge in [0, 0.05) is 51.3 Å². The quantitative estimate of drug-likeness (QED) is 0.594. The van der Waals surface area contributed by atoms with Crippen LogP contribution in [0.2, 0.25) is 0 Å². The molecule has 0 bridgehead atoms. The number of hydrogen-bond donors (Lipinski definition) is 2. The summed E-state index contributed by atoms with van der Waals surface area (Å²) in [7, 11) is 3.46. The monoisotopic (exact) mass is 437 g/mol. The highest BCUT2D eigenvalue weighted by Crippen LogP contribution is 2.28. The highest BCUT2D eigenvalue weighted by Gasteiger charge is 2.34. The summed E-state index contributed by atoms with van der Waals surface area (Å²) in [4.78, 5) is 15.2. The summed E-state index contributed by atoms with van der Waals surface area (Å²) < 4.78 is 20.0.